The Hall–Kier alpha value is -0.770. The molecule has 2 N–H and O–H groups in total. The molecule has 0 heterocycles. The number of halogens is 1. The summed E-state index contributed by atoms with van der Waals surface area (Å²) in [6.45, 7) is 0.688. The summed E-state index contributed by atoms with van der Waals surface area (Å²) in [5, 5.41) is 0. The van der Waals surface area contributed by atoms with Crippen LogP contribution >= 0.6 is 27.7 Å². The zero-order chi connectivity index (χ0) is 12.1. The molecule has 0 bridgehead atoms. The van der Waals surface area contributed by atoms with E-state index in [9.17, 15) is 0 Å². The van der Waals surface area contributed by atoms with E-state index in [0.29, 0.717) is 6.54 Å². The number of benzene rings is 2. The minimum absolute atomic E-state index is 0.688. The van der Waals surface area contributed by atoms with Crippen LogP contribution in [0.1, 0.15) is 5.56 Å². The van der Waals surface area contributed by atoms with E-state index in [1.165, 1.54) is 15.4 Å². The van der Waals surface area contributed by atoms with Crippen LogP contribution in [0.5, 0.6) is 0 Å². The Morgan fingerprint density at radius 2 is 1.59 bits per heavy atom. The Bertz CT molecular complexity index is 499. The van der Waals surface area contributed by atoms with E-state index >= 15 is 0 Å². The number of rotatable bonds is 4. The lowest BCUT2D eigenvalue weighted by atomic mass is 10.1. The lowest BCUT2D eigenvalue weighted by Crippen LogP contribution is -2.03. The topological polar surface area (TPSA) is 26.0 Å². The smallest absolute Gasteiger partial charge is 0.0314 e. The highest BCUT2D eigenvalue weighted by Crippen LogP contribution is 2.35. The zero-order valence-corrected chi connectivity index (χ0v) is 11.8. The molecular formula is C14H14BrNS. The molecule has 0 radical (unpaired) electrons. The van der Waals surface area contributed by atoms with Crippen LogP contribution in [-0.2, 0) is 6.42 Å². The first-order valence-corrected chi connectivity index (χ1v) is 7.12. The van der Waals surface area contributed by atoms with Gasteiger partial charge in [0.25, 0.3) is 0 Å². The summed E-state index contributed by atoms with van der Waals surface area (Å²) >= 11 is 5.35. The van der Waals surface area contributed by atoms with Gasteiger partial charge < -0.3 is 5.73 Å². The third kappa shape index (κ3) is 3.35. The molecular weight excluding hydrogens is 294 g/mol. The van der Waals surface area contributed by atoms with Crippen molar-refractivity contribution in [1.82, 2.24) is 0 Å². The zero-order valence-electron chi connectivity index (χ0n) is 9.40. The standard InChI is InChI=1S/C14H14BrNS/c15-12-6-2-4-8-14(12)17-13-7-3-1-5-11(13)9-10-16/h1-8H,9-10,16H2. The quantitative estimate of drug-likeness (QED) is 0.920. The second-order valence-electron chi connectivity index (χ2n) is 3.68. The molecule has 2 aromatic rings. The summed E-state index contributed by atoms with van der Waals surface area (Å²) in [4.78, 5) is 2.52. The average Bonchev–Trinajstić information content (AvgIpc) is 2.35. The number of nitrogens with two attached hydrogens (primary N) is 1. The second-order valence-corrected chi connectivity index (χ2v) is 5.62. The van der Waals surface area contributed by atoms with Gasteiger partial charge in [-0.15, -0.1) is 0 Å². The van der Waals surface area contributed by atoms with E-state index in [4.69, 9.17) is 5.73 Å². The molecule has 0 unspecified atom stereocenters. The Labute approximate surface area is 115 Å². The van der Waals surface area contributed by atoms with Gasteiger partial charge in [0.1, 0.15) is 0 Å². The molecule has 2 aromatic carbocycles. The van der Waals surface area contributed by atoms with E-state index in [0.717, 1.165) is 10.9 Å². The van der Waals surface area contributed by atoms with Crippen LogP contribution in [0.4, 0.5) is 0 Å². The number of hydrogen-bond donors (Lipinski definition) is 1. The third-order valence-electron chi connectivity index (χ3n) is 2.44. The normalized spacial score (nSPS) is 10.5. The third-order valence-corrected chi connectivity index (χ3v) is 4.59. The Kier molecular flexibility index (Phi) is 4.66. The molecule has 0 aromatic heterocycles. The first-order chi connectivity index (χ1) is 8.31. The summed E-state index contributed by atoms with van der Waals surface area (Å²) in [5.74, 6) is 0. The van der Waals surface area contributed by atoms with Gasteiger partial charge in [0.2, 0.25) is 0 Å². The van der Waals surface area contributed by atoms with Crippen molar-refractivity contribution in [3.63, 3.8) is 0 Å². The summed E-state index contributed by atoms with van der Waals surface area (Å²) in [7, 11) is 0. The van der Waals surface area contributed by atoms with Gasteiger partial charge >= 0.3 is 0 Å². The SMILES string of the molecule is NCCc1ccccc1Sc1ccccc1Br. The van der Waals surface area contributed by atoms with Gasteiger partial charge in [-0.2, -0.15) is 0 Å². The van der Waals surface area contributed by atoms with Crippen LogP contribution in [0.2, 0.25) is 0 Å². The van der Waals surface area contributed by atoms with Crippen LogP contribution < -0.4 is 5.73 Å². The van der Waals surface area contributed by atoms with Crippen molar-refractivity contribution in [2.45, 2.75) is 16.2 Å². The van der Waals surface area contributed by atoms with Gasteiger partial charge in [-0.3, -0.25) is 0 Å². The maximum Gasteiger partial charge on any atom is 0.0314 e. The predicted molar refractivity (Wildman–Crippen MR) is 77.5 cm³/mol. The lowest BCUT2D eigenvalue weighted by molar-refractivity contribution is 0.944. The van der Waals surface area contributed by atoms with Gasteiger partial charge in [0, 0.05) is 14.3 Å². The van der Waals surface area contributed by atoms with Gasteiger partial charge in [0.15, 0.2) is 0 Å². The first-order valence-electron chi connectivity index (χ1n) is 5.51. The molecule has 0 aliphatic heterocycles. The van der Waals surface area contributed by atoms with Gasteiger partial charge in [-0.25, -0.2) is 0 Å². The monoisotopic (exact) mass is 307 g/mol. The van der Waals surface area contributed by atoms with Crippen molar-refractivity contribution >= 4 is 27.7 Å². The molecule has 88 valence electrons. The Morgan fingerprint density at radius 3 is 2.29 bits per heavy atom. The number of hydrogen-bond acceptors (Lipinski definition) is 2. The highest BCUT2D eigenvalue weighted by molar-refractivity contribution is 9.10. The van der Waals surface area contributed by atoms with Gasteiger partial charge in [0.05, 0.1) is 0 Å². The molecule has 0 spiro atoms. The van der Waals surface area contributed by atoms with Crippen LogP contribution in [0.25, 0.3) is 0 Å². The largest absolute Gasteiger partial charge is 0.330 e. The molecule has 3 heteroatoms. The van der Waals surface area contributed by atoms with E-state index in [1.54, 1.807) is 11.8 Å². The van der Waals surface area contributed by atoms with Crippen LogP contribution in [0.15, 0.2) is 62.8 Å². The fourth-order valence-corrected chi connectivity index (χ4v) is 3.14. The van der Waals surface area contributed by atoms with Crippen LogP contribution in [0.3, 0.4) is 0 Å². The molecule has 0 fully saturated rings. The second kappa shape index (κ2) is 6.24. The van der Waals surface area contributed by atoms with Crippen LogP contribution in [-0.4, -0.2) is 6.54 Å². The van der Waals surface area contributed by atoms with E-state index in [2.05, 4.69) is 58.4 Å². The average molecular weight is 308 g/mol. The minimum atomic E-state index is 0.688. The molecule has 0 saturated carbocycles. The molecule has 0 aliphatic rings. The van der Waals surface area contributed by atoms with Crippen molar-refractivity contribution in [3.05, 3.63) is 58.6 Å². The molecule has 0 aliphatic carbocycles. The van der Waals surface area contributed by atoms with Crippen molar-refractivity contribution < 1.29 is 0 Å². The first kappa shape index (κ1) is 12.7. The van der Waals surface area contributed by atoms with Crippen molar-refractivity contribution in [1.29, 1.82) is 0 Å². The van der Waals surface area contributed by atoms with E-state index in [-0.39, 0.29) is 0 Å². The van der Waals surface area contributed by atoms with Gasteiger partial charge in [-0.1, -0.05) is 42.1 Å². The molecule has 0 saturated heterocycles. The maximum absolute atomic E-state index is 5.63. The van der Waals surface area contributed by atoms with Gasteiger partial charge in [-0.05, 0) is 52.7 Å². The molecule has 2 rings (SSSR count). The summed E-state index contributed by atoms with van der Waals surface area (Å²) in [5.41, 5.74) is 6.95. The van der Waals surface area contributed by atoms with Crippen molar-refractivity contribution in [2.75, 3.05) is 6.54 Å². The lowest BCUT2D eigenvalue weighted by Gasteiger charge is -2.09. The van der Waals surface area contributed by atoms with Crippen molar-refractivity contribution in [2.24, 2.45) is 5.73 Å². The van der Waals surface area contributed by atoms with E-state index < -0.39 is 0 Å². The summed E-state index contributed by atoms with van der Waals surface area (Å²) in [6.07, 6.45) is 0.924. The van der Waals surface area contributed by atoms with Crippen molar-refractivity contribution in [3.8, 4) is 0 Å². The van der Waals surface area contributed by atoms with E-state index in [1.807, 2.05) is 6.07 Å². The fourth-order valence-electron chi connectivity index (χ4n) is 1.61. The molecule has 1 nitrogen and oxygen atoms in total. The molecule has 0 amide bonds. The minimum Gasteiger partial charge on any atom is -0.330 e. The maximum atomic E-state index is 5.63. The highest BCUT2D eigenvalue weighted by atomic mass is 79.9. The predicted octanol–water partition coefficient (Wildman–Crippen LogP) is 4.10. The fraction of sp³-hybridized carbons (Fsp3) is 0.143. The highest BCUT2D eigenvalue weighted by Gasteiger charge is 2.05. The summed E-state index contributed by atoms with van der Waals surface area (Å²) < 4.78 is 1.13. The Morgan fingerprint density at radius 1 is 0.941 bits per heavy atom. The molecule has 17 heavy (non-hydrogen) atoms. The van der Waals surface area contributed by atoms with Crippen LogP contribution in [0, 0.1) is 0 Å². The molecule has 0 atom stereocenters. The summed E-state index contributed by atoms with van der Waals surface area (Å²) in [6, 6.07) is 16.7. The Balaban J connectivity index is 2.27.